The second kappa shape index (κ2) is 7.13. The van der Waals surface area contributed by atoms with Gasteiger partial charge in [0.2, 0.25) is 10.9 Å². The first-order valence-electron chi connectivity index (χ1n) is 6.10. The third kappa shape index (κ3) is 4.89. The molecule has 0 saturated carbocycles. The number of nitrogens with zero attached hydrogens (tertiary/aromatic N) is 3. The van der Waals surface area contributed by atoms with Crippen molar-refractivity contribution in [3.05, 3.63) is 43.4 Å². The van der Waals surface area contributed by atoms with Crippen molar-refractivity contribution in [2.24, 2.45) is 5.10 Å². The summed E-state index contributed by atoms with van der Waals surface area (Å²) in [6.45, 7) is 1.80. The first-order valence-corrected chi connectivity index (χ1v) is 7.78. The maximum atomic E-state index is 12.3. The zero-order valence-corrected chi connectivity index (χ0v) is 14.2. The summed E-state index contributed by atoms with van der Waals surface area (Å²) in [6.07, 6.45) is -3.83. The van der Waals surface area contributed by atoms with E-state index in [1.165, 1.54) is 23.6 Å². The van der Waals surface area contributed by atoms with E-state index < -0.39 is 22.7 Å². The summed E-state index contributed by atoms with van der Waals surface area (Å²) in [5.41, 5.74) is 2.77. The van der Waals surface area contributed by atoms with Crippen LogP contribution >= 0.6 is 27.3 Å². The molecule has 1 N–H and O–H groups in total. The van der Waals surface area contributed by atoms with E-state index in [1.807, 2.05) is 0 Å². The Balaban J connectivity index is 2.27. The van der Waals surface area contributed by atoms with Crippen molar-refractivity contribution < 1.29 is 22.8 Å². The van der Waals surface area contributed by atoms with Crippen molar-refractivity contribution in [2.45, 2.75) is 13.3 Å². The van der Waals surface area contributed by atoms with Gasteiger partial charge in [-0.05, 0) is 28.9 Å². The Bertz CT molecular complexity index is 794. The van der Waals surface area contributed by atoms with Gasteiger partial charge in [0, 0.05) is 17.0 Å². The third-order valence-electron chi connectivity index (χ3n) is 2.45. The van der Waals surface area contributed by atoms with E-state index in [1.54, 1.807) is 12.3 Å². The first-order chi connectivity index (χ1) is 11.2. The topological polar surface area (TPSA) is 89.7 Å². The Hall–Kier alpha value is -2.21. The molecule has 7 nitrogen and oxygen atoms in total. The summed E-state index contributed by atoms with van der Waals surface area (Å²) in [4.78, 5) is 14.1. The Kier molecular flexibility index (Phi) is 5.39. The van der Waals surface area contributed by atoms with E-state index in [0.29, 0.717) is 5.13 Å². The standard InChI is InChI=1S/C12H8BrF3N4O3S/c1-6-5-24-11(18-6)19-17-4-7-2-8(13)10(23-12(14,15)16)9(3-7)20(21)22/h2-5H,1H3,(H,18,19). The molecule has 0 aliphatic heterocycles. The lowest BCUT2D eigenvalue weighted by atomic mass is 10.2. The Morgan fingerprint density at radius 2 is 2.21 bits per heavy atom. The van der Waals surface area contributed by atoms with Gasteiger partial charge in [0.15, 0.2) is 0 Å². The lowest BCUT2D eigenvalue weighted by molar-refractivity contribution is -0.388. The monoisotopic (exact) mass is 424 g/mol. The van der Waals surface area contributed by atoms with Gasteiger partial charge in [0.25, 0.3) is 0 Å². The molecule has 128 valence electrons. The van der Waals surface area contributed by atoms with Crippen LogP contribution in [-0.4, -0.2) is 22.5 Å². The fraction of sp³-hybridized carbons (Fsp3) is 0.167. The van der Waals surface area contributed by atoms with Crippen LogP contribution in [0.5, 0.6) is 5.75 Å². The molecule has 0 aliphatic carbocycles. The van der Waals surface area contributed by atoms with E-state index in [2.05, 4.69) is 36.2 Å². The van der Waals surface area contributed by atoms with Gasteiger partial charge in [-0.25, -0.2) is 4.98 Å². The lowest BCUT2D eigenvalue weighted by Gasteiger charge is -2.11. The first kappa shape index (κ1) is 18.1. The highest BCUT2D eigenvalue weighted by Gasteiger charge is 2.36. The Morgan fingerprint density at radius 1 is 1.50 bits per heavy atom. The molecule has 0 radical (unpaired) electrons. The minimum absolute atomic E-state index is 0.198. The number of alkyl halides is 3. The molecule has 0 bridgehead atoms. The molecule has 0 saturated heterocycles. The number of nitro groups is 1. The third-order valence-corrected chi connectivity index (χ3v) is 3.91. The van der Waals surface area contributed by atoms with E-state index in [9.17, 15) is 23.3 Å². The summed E-state index contributed by atoms with van der Waals surface area (Å²) in [7, 11) is 0. The van der Waals surface area contributed by atoms with Crippen molar-refractivity contribution >= 4 is 44.3 Å². The molecule has 2 rings (SSSR count). The number of aryl methyl sites for hydroxylation is 1. The van der Waals surface area contributed by atoms with Gasteiger partial charge in [-0.2, -0.15) is 5.10 Å². The van der Waals surface area contributed by atoms with E-state index >= 15 is 0 Å². The molecule has 0 spiro atoms. The zero-order chi connectivity index (χ0) is 17.9. The minimum Gasteiger partial charge on any atom is -0.397 e. The number of thiazole rings is 1. The highest BCUT2D eigenvalue weighted by molar-refractivity contribution is 9.10. The van der Waals surface area contributed by atoms with Crippen LogP contribution in [0, 0.1) is 17.0 Å². The molecule has 1 aromatic carbocycles. The summed E-state index contributed by atoms with van der Waals surface area (Å²) in [5, 5.41) is 17.1. The molecule has 1 heterocycles. The predicted molar refractivity (Wildman–Crippen MR) is 85.5 cm³/mol. The number of hydrogen-bond acceptors (Lipinski definition) is 7. The van der Waals surface area contributed by atoms with Crippen molar-refractivity contribution in [3.8, 4) is 5.75 Å². The number of ether oxygens (including phenoxy) is 1. The fourth-order valence-corrected chi connectivity index (χ4v) is 2.78. The Labute approximate surface area is 145 Å². The van der Waals surface area contributed by atoms with Crippen LogP contribution in [0.1, 0.15) is 11.3 Å². The maximum absolute atomic E-state index is 12.3. The number of nitro benzene ring substituents is 1. The number of halogens is 4. The molecule has 0 fully saturated rings. The SMILES string of the molecule is Cc1csc(NN=Cc2cc(Br)c(OC(F)(F)F)c([N+](=O)[O-])c2)n1. The maximum Gasteiger partial charge on any atom is 0.573 e. The van der Waals surface area contributed by atoms with Gasteiger partial charge in [-0.3, -0.25) is 15.5 Å². The highest BCUT2D eigenvalue weighted by atomic mass is 79.9. The van der Waals surface area contributed by atoms with Gasteiger partial charge >= 0.3 is 12.0 Å². The molecular formula is C12H8BrF3N4O3S. The molecule has 24 heavy (non-hydrogen) atoms. The van der Waals surface area contributed by atoms with Crippen LogP contribution in [0.15, 0.2) is 27.1 Å². The van der Waals surface area contributed by atoms with Gasteiger partial charge in [0.1, 0.15) is 0 Å². The Morgan fingerprint density at radius 3 is 2.75 bits per heavy atom. The largest absolute Gasteiger partial charge is 0.573 e. The van der Waals surface area contributed by atoms with Crippen LogP contribution in [0.3, 0.4) is 0 Å². The van der Waals surface area contributed by atoms with Gasteiger partial charge in [-0.15, -0.1) is 24.5 Å². The number of hydrogen-bond donors (Lipinski definition) is 1. The number of hydrazone groups is 1. The second-order valence-electron chi connectivity index (χ2n) is 4.32. The normalized spacial score (nSPS) is 11.7. The molecular weight excluding hydrogens is 417 g/mol. The van der Waals surface area contributed by atoms with Crippen LogP contribution in [0.25, 0.3) is 0 Å². The highest BCUT2D eigenvalue weighted by Crippen LogP contribution is 2.39. The summed E-state index contributed by atoms with van der Waals surface area (Å²) >= 11 is 4.14. The fourth-order valence-electron chi connectivity index (χ4n) is 1.59. The molecule has 12 heteroatoms. The van der Waals surface area contributed by atoms with Crippen molar-refractivity contribution in [1.29, 1.82) is 0 Å². The molecule has 0 amide bonds. The quantitative estimate of drug-likeness (QED) is 0.434. The summed E-state index contributed by atoms with van der Waals surface area (Å²) in [5.74, 6) is -0.923. The van der Waals surface area contributed by atoms with Crippen molar-refractivity contribution in [1.82, 2.24) is 4.98 Å². The zero-order valence-electron chi connectivity index (χ0n) is 11.8. The number of aromatic nitrogens is 1. The number of anilines is 1. The van der Waals surface area contributed by atoms with E-state index in [0.717, 1.165) is 11.8 Å². The molecule has 0 aliphatic rings. The van der Waals surface area contributed by atoms with Gasteiger partial charge < -0.3 is 4.74 Å². The summed E-state index contributed by atoms with van der Waals surface area (Å²) in [6, 6.07) is 2.14. The van der Waals surface area contributed by atoms with E-state index in [4.69, 9.17) is 0 Å². The second-order valence-corrected chi connectivity index (χ2v) is 6.03. The average molecular weight is 425 g/mol. The van der Waals surface area contributed by atoms with Crippen LogP contribution in [-0.2, 0) is 0 Å². The van der Waals surface area contributed by atoms with Crippen molar-refractivity contribution in [3.63, 3.8) is 0 Å². The van der Waals surface area contributed by atoms with Gasteiger partial charge in [0.05, 0.1) is 21.3 Å². The van der Waals surface area contributed by atoms with Crippen LogP contribution in [0.2, 0.25) is 0 Å². The van der Waals surface area contributed by atoms with Crippen LogP contribution in [0.4, 0.5) is 24.0 Å². The van der Waals surface area contributed by atoms with Gasteiger partial charge in [-0.1, -0.05) is 0 Å². The van der Waals surface area contributed by atoms with Crippen LogP contribution < -0.4 is 10.2 Å². The number of nitrogens with one attached hydrogen (secondary N) is 1. The average Bonchev–Trinajstić information content (AvgIpc) is 2.85. The summed E-state index contributed by atoms with van der Waals surface area (Å²) < 4.78 is 40.5. The van der Waals surface area contributed by atoms with E-state index in [-0.39, 0.29) is 10.0 Å². The molecule has 2 aromatic rings. The molecule has 1 aromatic heterocycles. The molecule has 0 unspecified atom stereocenters. The number of rotatable bonds is 5. The lowest BCUT2D eigenvalue weighted by Crippen LogP contribution is -2.18. The minimum atomic E-state index is -5.05. The predicted octanol–water partition coefficient (Wildman–Crippen LogP) is 4.47. The van der Waals surface area contributed by atoms with Crippen molar-refractivity contribution in [2.75, 3.05) is 5.43 Å². The number of benzene rings is 1. The molecule has 0 atom stereocenters. The smallest absolute Gasteiger partial charge is 0.397 e.